The highest BCUT2D eigenvalue weighted by atomic mass is 16.5. The Bertz CT molecular complexity index is 547. The SMILES string of the molecule is COc1ccc(O)cc1C(=O)Cc1ccccc1. The maximum atomic E-state index is 12.2. The van der Waals surface area contributed by atoms with Crippen LogP contribution in [0.2, 0.25) is 0 Å². The van der Waals surface area contributed by atoms with Crippen molar-refractivity contribution in [2.45, 2.75) is 6.42 Å². The smallest absolute Gasteiger partial charge is 0.171 e. The van der Waals surface area contributed by atoms with Gasteiger partial charge in [0.25, 0.3) is 0 Å². The molecule has 92 valence electrons. The van der Waals surface area contributed by atoms with Gasteiger partial charge in [0.05, 0.1) is 12.7 Å². The molecule has 0 aliphatic carbocycles. The highest BCUT2D eigenvalue weighted by Crippen LogP contribution is 2.24. The van der Waals surface area contributed by atoms with Crippen LogP contribution in [0, 0.1) is 0 Å². The van der Waals surface area contributed by atoms with E-state index in [1.807, 2.05) is 30.3 Å². The zero-order chi connectivity index (χ0) is 13.0. The van der Waals surface area contributed by atoms with Gasteiger partial charge in [-0.25, -0.2) is 0 Å². The van der Waals surface area contributed by atoms with Crippen LogP contribution in [0.5, 0.6) is 11.5 Å². The predicted molar refractivity (Wildman–Crippen MR) is 69.1 cm³/mol. The molecule has 0 bridgehead atoms. The van der Waals surface area contributed by atoms with Gasteiger partial charge in [-0.05, 0) is 23.8 Å². The topological polar surface area (TPSA) is 46.5 Å². The second-order valence-corrected chi connectivity index (χ2v) is 3.97. The molecule has 0 amide bonds. The minimum Gasteiger partial charge on any atom is -0.508 e. The molecule has 3 heteroatoms. The number of benzene rings is 2. The van der Waals surface area contributed by atoms with E-state index in [9.17, 15) is 9.90 Å². The van der Waals surface area contributed by atoms with Crippen molar-refractivity contribution in [1.29, 1.82) is 0 Å². The Morgan fingerprint density at radius 3 is 2.56 bits per heavy atom. The lowest BCUT2D eigenvalue weighted by molar-refractivity contribution is 0.0989. The van der Waals surface area contributed by atoms with Crippen molar-refractivity contribution in [1.82, 2.24) is 0 Å². The molecule has 0 fully saturated rings. The molecule has 1 N–H and O–H groups in total. The van der Waals surface area contributed by atoms with Gasteiger partial charge in [-0.15, -0.1) is 0 Å². The number of phenolic OH excluding ortho intramolecular Hbond substituents is 1. The first-order chi connectivity index (χ1) is 8.70. The Kier molecular flexibility index (Phi) is 3.63. The largest absolute Gasteiger partial charge is 0.508 e. The molecular formula is C15H14O3. The van der Waals surface area contributed by atoms with E-state index in [0.29, 0.717) is 17.7 Å². The van der Waals surface area contributed by atoms with Gasteiger partial charge in [-0.2, -0.15) is 0 Å². The fourth-order valence-corrected chi connectivity index (χ4v) is 1.79. The lowest BCUT2D eigenvalue weighted by atomic mass is 10.0. The minimum atomic E-state index is -0.0750. The molecular weight excluding hydrogens is 228 g/mol. The molecule has 2 rings (SSSR count). The van der Waals surface area contributed by atoms with Crippen LogP contribution in [0.1, 0.15) is 15.9 Å². The average Bonchev–Trinajstić information content (AvgIpc) is 2.40. The normalized spacial score (nSPS) is 10.1. The molecule has 0 saturated carbocycles. The Balaban J connectivity index is 2.26. The number of hydrogen-bond acceptors (Lipinski definition) is 3. The predicted octanol–water partition coefficient (Wildman–Crippen LogP) is 2.83. The van der Waals surface area contributed by atoms with E-state index in [0.717, 1.165) is 5.56 Å². The Hall–Kier alpha value is -2.29. The van der Waals surface area contributed by atoms with Crippen molar-refractivity contribution in [2.75, 3.05) is 7.11 Å². The summed E-state index contributed by atoms with van der Waals surface area (Å²) < 4.78 is 5.13. The summed E-state index contributed by atoms with van der Waals surface area (Å²) in [5.74, 6) is 0.467. The van der Waals surface area contributed by atoms with Crippen LogP contribution in [0.3, 0.4) is 0 Å². The number of rotatable bonds is 4. The Morgan fingerprint density at radius 1 is 1.17 bits per heavy atom. The summed E-state index contributed by atoms with van der Waals surface area (Å²) in [5.41, 5.74) is 1.34. The van der Waals surface area contributed by atoms with E-state index in [4.69, 9.17) is 4.74 Å². The number of phenols is 1. The molecule has 0 aliphatic rings. The molecule has 0 aliphatic heterocycles. The number of ether oxygens (including phenoxy) is 1. The summed E-state index contributed by atoms with van der Waals surface area (Å²) in [6.07, 6.45) is 0.292. The van der Waals surface area contributed by atoms with Crippen LogP contribution < -0.4 is 4.74 Å². The standard InChI is InChI=1S/C15H14O3/c1-18-15-8-7-12(16)10-13(15)14(17)9-11-5-3-2-4-6-11/h2-8,10,16H,9H2,1H3. The lowest BCUT2D eigenvalue weighted by Crippen LogP contribution is -2.05. The summed E-state index contributed by atoms with van der Waals surface area (Å²) in [4.78, 5) is 12.2. The minimum absolute atomic E-state index is 0.0622. The van der Waals surface area contributed by atoms with Crippen LogP contribution in [0.4, 0.5) is 0 Å². The van der Waals surface area contributed by atoms with Gasteiger partial charge in [0.2, 0.25) is 0 Å². The molecule has 18 heavy (non-hydrogen) atoms. The van der Waals surface area contributed by atoms with Crippen molar-refractivity contribution in [3.63, 3.8) is 0 Å². The first-order valence-corrected chi connectivity index (χ1v) is 5.65. The lowest BCUT2D eigenvalue weighted by Gasteiger charge is -2.08. The zero-order valence-electron chi connectivity index (χ0n) is 10.1. The third kappa shape index (κ3) is 2.69. The highest BCUT2D eigenvalue weighted by Gasteiger charge is 2.13. The van der Waals surface area contributed by atoms with Gasteiger partial charge in [0, 0.05) is 6.42 Å². The van der Waals surface area contributed by atoms with Crippen LogP contribution in [0.25, 0.3) is 0 Å². The molecule has 0 unspecified atom stereocenters. The van der Waals surface area contributed by atoms with Crippen LogP contribution in [-0.4, -0.2) is 18.0 Å². The molecule has 0 spiro atoms. The van der Waals surface area contributed by atoms with Gasteiger partial charge in [-0.1, -0.05) is 30.3 Å². The number of Topliss-reactive ketones (excluding diaryl/α,β-unsaturated/α-hetero) is 1. The first kappa shape index (κ1) is 12.2. The first-order valence-electron chi connectivity index (χ1n) is 5.65. The molecule has 3 nitrogen and oxygen atoms in total. The molecule has 2 aromatic rings. The number of hydrogen-bond donors (Lipinski definition) is 1. The second kappa shape index (κ2) is 5.36. The molecule has 2 aromatic carbocycles. The van der Waals surface area contributed by atoms with Crippen LogP contribution in [-0.2, 0) is 6.42 Å². The quantitative estimate of drug-likeness (QED) is 0.838. The molecule has 0 heterocycles. The summed E-state index contributed by atoms with van der Waals surface area (Å²) in [5, 5.41) is 9.44. The number of methoxy groups -OCH3 is 1. The van der Waals surface area contributed by atoms with Gasteiger partial charge in [-0.3, -0.25) is 4.79 Å². The van der Waals surface area contributed by atoms with Crippen molar-refractivity contribution in [3.8, 4) is 11.5 Å². The number of ketones is 1. The second-order valence-electron chi connectivity index (χ2n) is 3.97. The van der Waals surface area contributed by atoms with Crippen LogP contribution in [0.15, 0.2) is 48.5 Å². The third-order valence-electron chi connectivity index (χ3n) is 2.69. The van der Waals surface area contributed by atoms with Crippen molar-refractivity contribution in [2.24, 2.45) is 0 Å². The monoisotopic (exact) mass is 242 g/mol. The van der Waals surface area contributed by atoms with E-state index in [1.54, 1.807) is 6.07 Å². The fraction of sp³-hybridized carbons (Fsp3) is 0.133. The summed E-state index contributed by atoms with van der Waals surface area (Å²) in [6, 6.07) is 14.0. The van der Waals surface area contributed by atoms with Crippen molar-refractivity contribution in [3.05, 3.63) is 59.7 Å². The summed E-state index contributed by atoms with van der Waals surface area (Å²) >= 11 is 0. The molecule has 0 radical (unpaired) electrons. The van der Waals surface area contributed by atoms with E-state index < -0.39 is 0 Å². The highest BCUT2D eigenvalue weighted by molar-refractivity contribution is 6.00. The zero-order valence-corrected chi connectivity index (χ0v) is 10.1. The number of carbonyl (C=O) groups is 1. The average molecular weight is 242 g/mol. The van der Waals surface area contributed by atoms with Crippen LogP contribution >= 0.6 is 0 Å². The van der Waals surface area contributed by atoms with Gasteiger partial charge < -0.3 is 9.84 Å². The van der Waals surface area contributed by atoms with Gasteiger partial charge in [0.1, 0.15) is 11.5 Å². The summed E-state index contributed by atoms with van der Waals surface area (Å²) in [6.45, 7) is 0. The Morgan fingerprint density at radius 2 is 1.89 bits per heavy atom. The van der Waals surface area contributed by atoms with E-state index in [1.165, 1.54) is 19.2 Å². The maximum absolute atomic E-state index is 12.2. The van der Waals surface area contributed by atoms with Crippen molar-refractivity contribution >= 4 is 5.78 Å². The number of aromatic hydroxyl groups is 1. The van der Waals surface area contributed by atoms with E-state index in [-0.39, 0.29) is 11.5 Å². The fourth-order valence-electron chi connectivity index (χ4n) is 1.79. The molecule has 0 saturated heterocycles. The van der Waals surface area contributed by atoms with E-state index in [2.05, 4.69) is 0 Å². The molecule has 0 atom stereocenters. The van der Waals surface area contributed by atoms with Gasteiger partial charge >= 0.3 is 0 Å². The third-order valence-corrected chi connectivity index (χ3v) is 2.69. The van der Waals surface area contributed by atoms with Gasteiger partial charge in [0.15, 0.2) is 5.78 Å². The van der Waals surface area contributed by atoms with Crippen molar-refractivity contribution < 1.29 is 14.6 Å². The Labute approximate surface area is 106 Å². The molecule has 0 aromatic heterocycles. The summed E-state index contributed by atoms with van der Waals surface area (Å²) in [7, 11) is 1.51. The number of carbonyl (C=O) groups excluding carboxylic acids is 1. The maximum Gasteiger partial charge on any atom is 0.171 e. The van der Waals surface area contributed by atoms with E-state index >= 15 is 0 Å².